The van der Waals surface area contributed by atoms with E-state index in [0.29, 0.717) is 0 Å². The van der Waals surface area contributed by atoms with Crippen LogP contribution >= 0.6 is 11.6 Å². The Kier molecular flexibility index (Phi) is 3.42. The van der Waals surface area contributed by atoms with Crippen molar-refractivity contribution in [1.29, 1.82) is 0 Å². The first-order valence-corrected chi connectivity index (χ1v) is 5.55. The van der Waals surface area contributed by atoms with Gasteiger partial charge in [0.1, 0.15) is 0 Å². The van der Waals surface area contributed by atoms with Crippen LogP contribution in [-0.2, 0) is 0 Å². The SMILES string of the molecule is CC(Nc1ccncc1)c1cccc(Cl)c1. The minimum atomic E-state index is 0.223. The van der Waals surface area contributed by atoms with Crippen molar-refractivity contribution in [3.63, 3.8) is 0 Å². The molecular formula is C13H13ClN2. The molecule has 0 bridgehead atoms. The maximum atomic E-state index is 5.95. The van der Waals surface area contributed by atoms with Crippen LogP contribution in [0.15, 0.2) is 48.8 Å². The van der Waals surface area contributed by atoms with Crippen LogP contribution < -0.4 is 5.32 Å². The molecule has 2 nitrogen and oxygen atoms in total. The molecule has 0 amide bonds. The zero-order valence-electron chi connectivity index (χ0n) is 9.02. The van der Waals surface area contributed by atoms with E-state index in [9.17, 15) is 0 Å². The Hall–Kier alpha value is -1.54. The molecule has 3 heteroatoms. The van der Waals surface area contributed by atoms with Gasteiger partial charge in [-0.3, -0.25) is 4.98 Å². The van der Waals surface area contributed by atoms with Crippen molar-refractivity contribution >= 4 is 17.3 Å². The number of rotatable bonds is 3. The zero-order valence-corrected chi connectivity index (χ0v) is 9.78. The third kappa shape index (κ3) is 2.74. The van der Waals surface area contributed by atoms with E-state index >= 15 is 0 Å². The monoisotopic (exact) mass is 232 g/mol. The molecule has 0 radical (unpaired) electrons. The van der Waals surface area contributed by atoms with Crippen molar-refractivity contribution in [1.82, 2.24) is 4.98 Å². The van der Waals surface area contributed by atoms with E-state index in [1.165, 1.54) is 5.56 Å². The molecule has 0 aliphatic heterocycles. The average molecular weight is 233 g/mol. The van der Waals surface area contributed by atoms with Crippen LogP contribution in [-0.4, -0.2) is 4.98 Å². The Labute approximate surface area is 100 Å². The first kappa shape index (κ1) is 11.0. The minimum absolute atomic E-state index is 0.223. The molecule has 1 N–H and O–H groups in total. The summed E-state index contributed by atoms with van der Waals surface area (Å²) in [5, 5.41) is 4.15. The topological polar surface area (TPSA) is 24.9 Å². The summed E-state index contributed by atoms with van der Waals surface area (Å²) in [5.74, 6) is 0. The van der Waals surface area contributed by atoms with Crippen LogP contribution in [0.5, 0.6) is 0 Å². The predicted octanol–water partition coefficient (Wildman–Crippen LogP) is 3.91. The van der Waals surface area contributed by atoms with E-state index in [-0.39, 0.29) is 6.04 Å². The molecule has 1 aromatic carbocycles. The summed E-state index contributed by atoms with van der Waals surface area (Å²) in [4.78, 5) is 3.98. The van der Waals surface area contributed by atoms with E-state index in [4.69, 9.17) is 11.6 Å². The van der Waals surface area contributed by atoms with Crippen molar-refractivity contribution in [2.75, 3.05) is 5.32 Å². The van der Waals surface area contributed by atoms with Gasteiger partial charge in [0.05, 0.1) is 0 Å². The minimum Gasteiger partial charge on any atom is -0.378 e. The van der Waals surface area contributed by atoms with Gasteiger partial charge in [0, 0.05) is 29.1 Å². The quantitative estimate of drug-likeness (QED) is 0.868. The second-order valence-corrected chi connectivity index (χ2v) is 4.09. The molecule has 1 atom stereocenters. The maximum Gasteiger partial charge on any atom is 0.0486 e. The number of anilines is 1. The number of nitrogens with one attached hydrogen (secondary N) is 1. The van der Waals surface area contributed by atoms with Gasteiger partial charge >= 0.3 is 0 Å². The van der Waals surface area contributed by atoms with E-state index in [1.807, 2.05) is 30.3 Å². The Balaban J connectivity index is 2.12. The third-order valence-corrected chi connectivity index (χ3v) is 2.65. The van der Waals surface area contributed by atoms with Gasteiger partial charge in [-0.15, -0.1) is 0 Å². The highest BCUT2D eigenvalue weighted by Gasteiger charge is 2.04. The van der Waals surface area contributed by atoms with Crippen LogP contribution in [0.25, 0.3) is 0 Å². The smallest absolute Gasteiger partial charge is 0.0486 e. The molecule has 1 aromatic heterocycles. The van der Waals surface area contributed by atoms with Gasteiger partial charge in [-0.1, -0.05) is 23.7 Å². The van der Waals surface area contributed by atoms with Crippen LogP contribution in [0.1, 0.15) is 18.5 Å². The molecule has 2 rings (SSSR count). The fourth-order valence-corrected chi connectivity index (χ4v) is 1.76. The summed E-state index contributed by atoms with van der Waals surface area (Å²) >= 11 is 5.95. The first-order chi connectivity index (χ1) is 7.75. The lowest BCUT2D eigenvalue weighted by molar-refractivity contribution is 0.884. The highest BCUT2D eigenvalue weighted by molar-refractivity contribution is 6.30. The van der Waals surface area contributed by atoms with E-state index < -0.39 is 0 Å². The van der Waals surface area contributed by atoms with Gasteiger partial charge in [-0.05, 0) is 36.8 Å². The normalized spacial score (nSPS) is 12.1. The second-order valence-electron chi connectivity index (χ2n) is 3.66. The lowest BCUT2D eigenvalue weighted by Gasteiger charge is -2.15. The zero-order chi connectivity index (χ0) is 11.4. The third-order valence-electron chi connectivity index (χ3n) is 2.41. The lowest BCUT2D eigenvalue weighted by atomic mass is 10.1. The fourth-order valence-electron chi connectivity index (χ4n) is 1.56. The van der Waals surface area contributed by atoms with Crippen molar-refractivity contribution < 1.29 is 0 Å². The molecule has 0 fully saturated rings. The number of hydrogen-bond donors (Lipinski definition) is 1. The average Bonchev–Trinajstić information content (AvgIpc) is 2.30. The molecule has 0 aliphatic rings. The Morgan fingerprint density at radius 2 is 1.94 bits per heavy atom. The molecule has 0 spiro atoms. The number of pyridine rings is 1. The van der Waals surface area contributed by atoms with Gasteiger partial charge in [0.2, 0.25) is 0 Å². The van der Waals surface area contributed by atoms with Gasteiger partial charge in [-0.25, -0.2) is 0 Å². The maximum absolute atomic E-state index is 5.95. The van der Waals surface area contributed by atoms with Crippen molar-refractivity contribution in [2.45, 2.75) is 13.0 Å². The second kappa shape index (κ2) is 4.99. The molecule has 1 unspecified atom stereocenters. The van der Waals surface area contributed by atoms with Crippen molar-refractivity contribution in [3.8, 4) is 0 Å². The number of hydrogen-bond acceptors (Lipinski definition) is 2. The first-order valence-electron chi connectivity index (χ1n) is 5.18. The summed E-state index contributed by atoms with van der Waals surface area (Å²) in [6.45, 7) is 2.10. The summed E-state index contributed by atoms with van der Waals surface area (Å²) in [7, 11) is 0. The molecule has 0 saturated heterocycles. The predicted molar refractivity (Wildman–Crippen MR) is 67.7 cm³/mol. The van der Waals surface area contributed by atoms with Crippen molar-refractivity contribution in [2.24, 2.45) is 0 Å². The van der Waals surface area contributed by atoms with Crippen LogP contribution in [0.4, 0.5) is 5.69 Å². The number of halogens is 1. The van der Waals surface area contributed by atoms with E-state index in [2.05, 4.69) is 23.3 Å². The summed E-state index contributed by atoms with van der Waals surface area (Å²) < 4.78 is 0. The Bertz CT molecular complexity index is 456. The van der Waals surface area contributed by atoms with Crippen LogP contribution in [0.2, 0.25) is 5.02 Å². The number of aromatic nitrogens is 1. The van der Waals surface area contributed by atoms with Crippen LogP contribution in [0.3, 0.4) is 0 Å². The lowest BCUT2D eigenvalue weighted by Crippen LogP contribution is -2.06. The van der Waals surface area contributed by atoms with Gasteiger partial charge in [0.25, 0.3) is 0 Å². The Morgan fingerprint density at radius 3 is 2.62 bits per heavy atom. The van der Waals surface area contributed by atoms with E-state index in [0.717, 1.165) is 10.7 Å². The summed E-state index contributed by atoms with van der Waals surface area (Å²) in [5.41, 5.74) is 2.23. The molecule has 2 aromatic rings. The summed E-state index contributed by atoms with van der Waals surface area (Å²) in [6.07, 6.45) is 3.54. The molecular weight excluding hydrogens is 220 g/mol. The molecule has 0 saturated carbocycles. The standard InChI is InChI=1S/C13H13ClN2/c1-10(11-3-2-4-12(14)9-11)16-13-5-7-15-8-6-13/h2-10H,1H3,(H,15,16). The van der Waals surface area contributed by atoms with Gasteiger partial charge in [-0.2, -0.15) is 0 Å². The number of benzene rings is 1. The van der Waals surface area contributed by atoms with Crippen LogP contribution in [0, 0.1) is 0 Å². The molecule has 0 aliphatic carbocycles. The van der Waals surface area contributed by atoms with Gasteiger partial charge in [0.15, 0.2) is 0 Å². The Morgan fingerprint density at radius 1 is 1.19 bits per heavy atom. The van der Waals surface area contributed by atoms with E-state index in [1.54, 1.807) is 12.4 Å². The highest BCUT2D eigenvalue weighted by atomic mass is 35.5. The molecule has 82 valence electrons. The molecule has 16 heavy (non-hydrogen) atoms. The van der Waals surface area contributed by atoms with Gasteiger partial charge < -0.3 is 5.32 Å². The van der Waals surface area contributed by atoms with Crippen molar-refractivity contribution in [3.05, 3.63) is 59.4 Å². The molecule has 1 heterocycles. The summed E-state index contributed by atoms with van der Waals surface area (Å²) in [6, 6.07) is 12.0. The largest absolute Gasteiger partial charge is 0.378 e. The number of nitrogens with zero attached hydrogens (tertiary/aromatic N) is 1. The highest BCUT2D eigenvalue weighted by Crippen LogP contribution is 2.21. The fraction of sp³-hybridized carbons (Fsp3) is 0.154.